The number of rotatable bonds is 5. The zero-order chi connectivity index (χ0) is 15.1. The van der Waals surface area contributed by atoms with E-state index in [1.165, 1.54) is 12.1 Å². The van der Waals surface area contributed by atoms with Crippen molar-refractivity contribution in [1.29, 1.82) is 0 Å². The Balaban J connectivity index is 2.83. The van der Waals surface area contributed by atoms with E-state index in [4.69, 9.17) is 16.7 Å². The van der Waals surface area contributed by atoms with Gasteiger partial charge in [-0.1, -0.05) is 18.5 Å². The van der Waals surface area contributed by atoms with Crippen LogP contribution in [-0.2, 0) is 14.4 Å². The second kappa shape index (κ2) is 7.30. The third-order valence-electron chi connectivity index (χ3n) is 2.21. The van der Waals surface area contributed by atoms with Gasteiger partial charge in [0, 0.05) is 24.3 Å². The Morgan fingerprint density at radius 2 is 1.95 bits per heavy atom. The molecular formula is C13H13ClN2O4. The summed E-state index contributed by atoms with van der Waals surface area (Å²) in [7, 11) is 0. The van der Waals surface area contributed by atoms with Crippen molar-refractivity contribution in [3.63, 3.8) is 0 Å². The fourth-order valence-electron chi connectivity index (χ4n) is 1.27. The van der Waals surface area contributed by atoms with E-state index in [0.29, 0.717) is 18.2 Å². The Labute approximate surface area is 120 Å². The summed E-state index contributed by atoms with van der Waals surface area (Å²) >= 11 is 5.91. The molecule has 0 radical (unpaired) electrons. The highest BCUT2D eigenvalue weighted by Gasteiger charge is 2.06. The van der Waals surface area contributed by atoms with Gasteiger partial charge in [0.1, 0.15) is 0 Å². The first-order valence-electron chi connectivity index (χ1n) is 5.73. The molecule has 0 fully saturated rings. The highest BCUT2D eigenvalue weighted by atomic mass is 35.5. The molecular weight excluding hydrogens is 284 g/mol. The summed E-state index contributed by atoms with van der Waals surface area (Å²) in [4.78, 5) is 33.0. The highest BCUT2D eigenvalue weighted by molar-refractivity contribution is 6.34. The first kappa shape index (κ1) is 15.7. The molecule has 0 saturated heterocycles. The number of carbonyl (C=O) groups is 3. The molecule has 0 aromatic heterocycles. The number of carboxylic acid groups (broad SMARTS) is 1. The minimum atomic E-state index is -1.23. The van der Waals surface area contributed by atoms with E-state index >= 15 is 0 Å². The smallest absolute Gasteiger partial charge is 0.328 e. The van der Waals surface area contributed by atoms with Gasteiger partial charge in [-0.3, -0.25) is 9.59 Å². The third-order valence-corrected chi connectivity index (χ3v) is 2.54. The molecule has 1 aromatic rings. The average molecular weight is 297 g/mol. The summed E-state index contributed by atoms with van der Waals surface area (Å²) < 4.78 is 0. The molecule has 0 atom stereocenters. The zero-order valence-corrected chi connectivity index (χ0v) is 11.4. The fourth-order valence-corrected chi connectivity index (χ4v) is 1.43. The van der Waals surface area contributed by atoms with Crippen molar-refractivity contribution >= 4 is 40.8 Å². The Morgan fingerprint density at radius 3 is 2.55 bits per heavy atom. The summed E-state index contributed by atoms with van der Waals surface area (Å²) in [5.74, 6) is -2.03. The standard InChI is InChI=1S/C13H13ClN2O4/c1-2-11(17)15-8-3-4-9(14)10(7-8)16-12(18)5-6-13(19)20/h3-7H,2H2,1H3,(H,15,17)(H,16,18)(H,19,20)/b6-5+. The van der Waals surface area contributed by atoms with Crippen molar-refractivity contribution < 1.29 is 19.5 Å². The van der Waals surface area contributed by atoms with E-state index < -0.39 is 11.9 Å². The molecule has 2 amide bonds. The van der Waals surface area contributed by atoms with Crippen LogP contribution >= 0.6 is 11.6 Å². The molecule has 20 heavy (non-hydrogen) atoms. The molecule has 0 aliphatic rings. The van der Waals surface area contributed by atoms with Crippen LogP contribution in [0.4, 0.5) is 11.4 Å². The van der Waals surface area contributed by atoms with Crippen molar-refractivity contribution in [2.45, 2.75) is 13.3 Å². The van der Waals surface area contributed by atoms with Gasteiger partial charge in [-0.05, 0) is 18.2 Å². The molecule has 1 aromatic carbocycles. The monoisotopic (exact) mass is 296 g/mol. The molecule has 6 nitrogen and oxygen atoms in total. The number of anilines is 2. The van der Waals surface area contributed by atoms with E-state index in [1.807, 2.05) is 0 Å². The lowest BCUT2D eigenvalue weighted by Gasteiger charge is -2.09. The maximum Gasteiger partial charge on any atom is 0.328 e. The number of carbonyl (C=O) groups excluding carboxylic acids is 2. The lowest BCUT2D eigenvalue weighted by molar-refractivity contribution is -0.131. The van der Waals surface area contributed by atoms with Gasteiger partial charge in [-0.15, -0.1) is 0 Å². The zero-order valence-electron chi connectivity index (χ0n) is 10.6. The largest absolute Gasteiger partial charge is 0.478 e. The first-order valence-corrected chi connectivity index (χ1v) is 6.11. The Kier molecular flexibility index (Phi) is 5.74. The molecule has 1 rings (SSSR count). The van der Waals surface area contributed by atoms with Crippen LogP contribution in [0.2, 0.25) is 5.02 Å². The summed E-state index contributed by atoms with van der Waals surface area (Å²) in [6.45, 7) is 1.71. The van der Waals surface area contributed by atoms with Gasteiger partial charge in [0.15, 0.2) is 0 Å². The molecule has 7 heteroatoms. The molecule has 0 aliphatic carbocycles. The Morgan fingerprint density at radius 1 is 1.25 bits per heavy atom. The second-order valence-corrected chi connectivity index (χ2v) is 4.16. The van der Waals surface area contributed by atoms with Crippen LogP contribution in [0.15, 0.2) is 30.4 Å². The number of carboxylic acids is 1. The molecule has 0 bridgehead atoms. The minimum Gasteiger partial charge on any atom is -0.478 e. The van der Waals surface area contributed by atoms with Gasteiger partial charge in [0.2, 0.25) is 11.8 Å². The summed E-state index contributed by atoms with van der Waals surface area (Å²) in [6, 6.07) is 4.60. The summed E-state index contributed by atoms with van der Waals surface area (Å²) in [5, 5.41) is 13.7. The van der Waals surface area contributed by atoms with Crippen LogP contribution in [0.5, 0.6) is 0 Å². The molecule has 0 saturated carbocycles. The van der Waals surface area contributed by atoms with Gasteiger partial charge < -0.3 is 15.7 Å². The number of hydrogen-bond donors (Lipinski definition) is 3. The van der Waals surface area contributed by atoms with Crippen molar-refractivity contribution in [3.8, 4) is 0 Å². The Bertz CT molecular complexity index is 569. The van der Waals surface area contributed by atoms with E-state index in [-0.39, 0.29) is 16.6 Å². The summed E-state index contributed by atoms with van der Waals surface area (Å²) in [5.41, 5.74) is 0.763. The quantitative estimate of drug-likeness (QED) is 0.726. The highest BCUT2D eigenvalue weighted by Crippen LogP contribution is 2.25. The van der Waals surface area contributed by atoms with Crippen molar-refractivity contribution in [3.05, 3.63) is 35.4 Å². The van der Waals surface area contributed by atoms with Gasteiger partial charge in [-0.25, -0.2) is 4.79 Å². The van der Waals surface area contributed by atoms with Crippen LogP contribution < -0.4 is 10.6 Å². The SMILES string of the molecule is CCC(=O)Nc1ccc(Cl)c(NC(=O)/C=C/C(=O)O)c1. The number of hydrogen-bond acceptors (Lipinski definition) is 3. The fraction of sp³-hybridized carbons (Fsp3) is 0.154. The van der Waals surface area contributed by atoms with E-state index in [2.05, 4.69) is 10.6 Å². The third kappa shape index (κ3) is 5.11. The van der Waals surface area contributed by atoms with E-state index in [0.717, 1.165) is 6.08 Å². The lowest BCUT2D eigenvalue weighted by Crippen LogP contribution is -2.12. The maximum atomic E-state index is 11.5. The second-order valence-electron chi connectivity index (χ2n) is 3.76. The predicted octanol–water partition coefficient (Wildman–Crippen LogP) is 2.27. The average Bonchev–Trinajstić information content (AvgIpc) is 2.40. The van der Waals surface area contributed by atoms with Gasteiger partial charge in [-0.2, -0.15) is 0 Å². The van der Waals surface area contributed by atoms with E-state index in [9.17, 15) is 14.4 Å². The van der Waals surface area contributed by atoms with Crippen LogP contribution in [0.25, 0.3) is 0 Å². The van der Waals surface area contributed by atoms with Gasteiger partial charge in [0.25, 0.3) is 0 Å². The number of benzene rings is 1. The predicted molar refractivity (Wildman–Crippen MR) is 75.8 cm³/mol. The molecule has 0 aliphatic heterocycles. The van der Waals surface area contributed by atoms with Crippen LogP contribution in [0.3, 0.4) is 0 Å². The minimum absolute atomic E-state index is 0.171. The normalized spacial score (nSPS) is 10.3. The number of nitrogens with one attached hydrogen (secondary N) is 2. The van der Waals surface area contributed by atoms with E-state index in [1.54, 1.807) is 13.0 Å². The number of amides is 2. The van der Waals surface area contributed by atoms with Crippen molar-refractivity contribution in [2.75, 3.05) is 10.6 Å². The van der Waals surface area contributed by atoms with Gasteiger partial charge in [0.05, 0.1) is 10.7 Å². The maximum absolute atomic E-state index is 11.5. The number of halogens is 1. The molecule has 106 valence electrons. The molecule has 3 N–H and O–H groups in total. The van der Waals surface area contributed by atoms with Crippen LogP contribution in [0, 0.1) is 0 Å². The van der Waals surface area contributed by atoms with Crippen molar-refractivity contribution in [2.24, 2.45) is 0 Å². The van der Waals surface area contributed by atoms with Crippen LogP contribution in [-0.4, -0.2) is 22.9 Å². The first-order chi connectivity index (χ1) is 9.42. The van der Waals surface area contributed by atoms with Crippen molar-refractivity contribution in [1.82, 2.24) is 0 Å². The number of aliphatic carboxylic acids is 1. The molecule has 0 heterocycles. The Hall–Kier alpha value is -2.34. The topological polar surface area (TPSA) is 95.5 Å². The summed E-state index contributed by atoms with van der Waals surface area (Å²) in [6.07, 6.45) is 1.91. The molecule has 0 unspecified atom stereocenters. The lowest BCUT2D eigenvalue weighted by atomic mass is 10.2. The molecule has 0 spiro atoms. The van der Waals surface area contributed by atoms with Gasteiger partial charge >= 0.3 is 5.97 Å². The van der Waals surface area contributed by atoms with Crippen LogP contribution in [0.1, 0.15) is 13.3 Å².